The van der Waals surface area contributed by atoms with E-state index in [4.69, 9.17) is 0 Å². The minimum Gasteiger partial charge on any atom is -0.371 e. The molecule has 5 heteroatoms. The summed E-state index contributed by atoms with van der Waals surface area (Å²) in [5.74, 6) is 0.670. The Morgan fingerprint density at radius 3 is 2.95 bits per heavy atom. The van der Waals surface area contributed by atoms with Gasteiger partial charge in [-0.2, -0.15) is 0 Å². The van der Waals surface area contributed by atoms with E-state index in [1.807, 2.05) is 0 Å². The Morgan fingerprint density at radius 1 is 1.30 bits per heavy atom. The van der Waals surface area contributed by atoms with E-state index in [1.54, 1.807) is 0 Å². The molecule has 4 nitrogen and oxygen atoms in total. The van der Waals surface area contributed by atoms with E-state index in [9.17, 15) is 8.42 Å². The van der Waals surface area contributed by atoms with Crippen LogP contribution < -0.4 is 10.2 Å². The van der Waals surface area contributed by atoms with Gasteiger partial charge in [0.25, 0.3) is 0 Å². The van der Waals surface area contributed by atoms with Gasteiger partial charge in [-0.1, -0.05) is 18.2 Å². The first-order valence-electron chi connectivity index (χ1n) is 7.41. The highest BCUT2D eigenvalue weighted by Gasteiger charge is 2.27. The van der Waals surface area contributed by atoms with Crippen molar-refractivity contribution in [2.75, 3.05) is 36.0 Å². The third-order valence-electron chi connectivity index (χ3n) is 4.25. The molecule has 1 saturated heterocycles. The van der Waals surface area contributed by atoms with E-state index in [-0.39, 0.29) is 6.04 Å². The van der Waals surface area contributed by atoms with E-state index in [0.29, 0.717) is 11.5 Å². The Kier molecular flexibility index (Phi) is 3.98. The van der Waals surface area contributed by atoms with Crippen molar-refractivity contribution in [2.24, 2.45) is 0 Å². The first-order chi connectivity index (χ1) is 9.64. The monoisotopic (exact) mass is 294 g/mol. The topological polar surface area (TPSA) is 49.4 Å². The fourth-order valence-electron chi connectivity index (χ4n) is 3.17. The summed E-state index contributed by atoms with van der Waals surface area (Å²) < 4.78 is 22.7. The van der Waals surface area contributed by atoms with Crippen LogP contribution >= 0.6 is 0 Å². The maximum absolute atomic E-state index is 11.4. The first-order valence-corrected chi connectivity index (χ1v) is 9.23. The highest BCUT2D eigenvalue weighted by atomic mass is 32.2. The van der Waals surface area contributed by atoms with Crippen molar-refractivity contribution in [3.8, 4) is 0 Å². The zero-order valence-electron chi connectivity index (χ0n) is 11.7. The number of para-hydroxylation sites is 1. The second-order valence-corrected chi connectivity index (χ2v) is 8.00. The van der Waals surface area contributed by atoms with E-state index >= 15 is 0 Å². The molecule has 1 fully saturated rings. The van der Waals surface area contributed by atoms with Crippen molar-refractivity contribution in [1.82, 2.24) is 5.32 Å². The van der Waals surface area contributed by atoms with Gasteiger partial charge < -0.3 is 10.2 Å². The molecule has 2 heterocycles. The van der Waals surface area contributed by atoms with Gasteiger partial charge in [-0.3, -0.25) is 0 Å². The Balaban J connectivity index is 1.41. The number of nitrogens with one attached hydrogen (secondary N) is 1. The van der Waals surface area contributed by atoms with Crippen molar-refractivity contribution in [3.05, 3.63) is 29.8 Å². The lowest BCUT2D eigenvalue weighted by Gasteiger charge is -2.20. The molecule has 1 N–H and O–H groups in total. The van der Waals surface area contributed by atoms with Crippen molar-refractivity contribution in [2.45, 2.75) is 25.3 Å². The number of hydrogen-bond donors (Lipinski definition) is 1. The summed E-state index contributed by atoms with van der Waals surface area (Å²) in [6, 6.07) is 8.77. The van der Waals surface area contributed by atoms with Crippen LogP contribution in [0.15, 0.2) is 24.3 Å². The van der Waals surface area contributed by atoms with Crippen molar-refractivity contribution in [1.29, 1.82) is 0 Å². The zero-order valence-corrected chi connectivity index (χ0v) is 12.5. The molecular formula is C15H22N2O2S. The van der Waals surface area contributed by atoms with Gasteiger partial charge in [0.05, 0.1) is 11.5 Å². The summed E-state index contributed by atoms with van der Waals surface area (Å²) in [5, 5.41) is 3.38. The van der Waals surface area contributed by atoms with E-state index in [1.165, 1.54) is 11.3 Å². The molecule has 1 aromatic rings. The smallest absolute Gasteiger partial charge is 0.151 e. The Labute approximate surface area is 121 Å². The molecule has 20 heavy (non-hydrogen) atoms. The van der Waals surface area contributed by atoms with Crippen LogP contribution in [0, 0.1) is 0 Å². The molecule has 110 valence electrons. The largest absolute Gasteiger partial charge is 0.371 e. The molecule has 1 unspecified atom stereocenters. The molecule has 3 rings (SSSR count). The lowest BCUT2D eigenvalue weighted by molar-refractivity contribution is 0.540. The average molecular weight is 294 g/mol. The summed E-state index contributed by atoms with van der Waals surface area (Å²) in [6.07, 6.45) is 2.98. The maximum atomic E-state index is 11.4. The number of fused-ring (bicyclic) bond motifs is 1. The second kappa shape index (κ2) is 5.74. The van der Waals surface area contributed by atoms with Crippen LogP contribution in [0.4, 0.5) is 5.69 Å². The minimum absolute atomic E-state index is 0.172. The predicted molar refractivity (Wildman–Crippen MR) is 82.0 cm³/mol. The Hall–Kier alpha value is -1.07. The molecule has 0 aromatic heterocycles. The quantitative estimate of drug-likeness (QED) is 0.830. The SMILES string of the molecule is O=S1(=O)CCC(NCCCN2CCc3ccccc32)C1. The average Bonchev–Trinajstić information content (AvgIpc) is 2.98. The molecule has 1 atom stereocenters. The molecule has 1 aromatic carbocycles. The second-order valence-electron chi connectivity index (χ2n) is 5.77. The Bertz CT molecular complexity index is 571. The molecule has 2 aliphatic heterocycles. The predicted octanol–water partition coefficient (Wildman–Crippen LogP) is 1.22. The van der Waals surface area contributed by atoms with Crippen LogP contribution in [0.3, 0.4) is 0 Å². The summed E-state index contributed by atoms with van der Waals surface area (Å²) >= 11 is 0. The summed E-state index contributed by atoms with van der Waals surface area (Å²) in [7, 11) is -2.76. The van der Waals surface area contributed by atoms with Crippen LogP contribution in [0.5, 0.6) is 0 Å². The molecular weight excluding hydrogens is 272 g/mol. The molecule has 0 spiro atoms. The summed E-state index contributed by atoms with van der Waals surface area (Å²) in [4.78, 5) is 2.43. The molecule has 0 radical (unpaired) electrons. The first kappa shape index (κ1) is 13.9. The van der Waals surface area contributed by atoms with Crippen LogP contribution in [-0.2, 0) is 16.3 Å². The van der Waals surface area contributed by atoms with Gasteiger partial charge in [0.1, 0.15) is 0 Å². The zero-order chi connectivity index (χ0) is 14.0. The lowest BCUT2D eigenvalue weighted by atomic mass is 10.2. The van der Waals surface area contributed by atoms with E-state index < -0.39 is 9.84 Å². The minimum atomic E-state index is -2.76. The molecule has 0 amide bonds. The summed E-state index contributed by atoms with van der Waals surface area (Å²) in [6.45, 7) is 3.06. The van der Waals surface area contributed by atoms with Gasteiger partial charge in [0.15, 0.2) is 9.84 Å². The van der Waals surface area contributed by atoms with Gasteiger partial charge in [0, 0.05) is 24.8 Å². The molecule has 0 aliphatic carbocycles. The molecule has 0 saturated carbocycles. The third kappa shape index (κ3) is 3.15. The maximum Gasteiger partial charge on any atom is 0.151 e. The number of nitrogens with zero attached hydrogens (tertiary/aromatic N) is 1. The highest BCUT2D eigenvalue weighted by Crippen LogP contribution is 2.27. The van der Waals surface area contributed by atoms with Crippen LogP contribution in [0.1, 0.15) is 18.4 Å². The normalized spacial score (nSPS) is 24.0. The van der Waals surface area contributed by atoms with Crippen LogP contribution in [0.2, 0.25) is 0 Å². The number of benzene rings is 1. The van der Waals surface area contributed by atoms with Crippen molar-refractivity contribution >= 4 is 15.5 Å². The lowest BCUT2D eigenvalue weighted by Crippen LogP contribution is -2.33. The number of sulfone groups is 1. The number of hydrogen-bond acceptors (Lipinski definition) is 4. The fourth-order valence-corrected chi connectivity index (χ4v) is 4.88. The van der Waals surface area contributed by atoms with Crippen LogP contribution in [-0.4, -0.2) is 45.6 Å². The van der Waals surface area contributed by atoms with Crippen LogP contribution in [0.25, 0.3) is 0 Å². The van der Waals surface area contributed by atoms with Crippen molar-refractivity contribution in [3.63, 3.8) is 0 Å². The molecule has 0 bridgehead atoms. The van der Waals surface area contributed by atoms with Gasteiger partial charge in [0.2, 0.25) is 0 Å². The van der Waals surface area contributed by atoms with E-state index in [0.717, 1.165) is 38.9 Å². The number of rotatable bonds is 5. The van der Waals surface area contributed by atoms with Gasteiger partial charge in [-0.05, 0) is 37.4 Å². The number of anilines is 1. The molecule has 2 aliphatic rings. The standard InChI is InChI=1S/C15H22N2O2S/c18-20(19)11-7-14(12-20)16-8-3-9-17-10-6-13-4-1-2-5-15(13)17/h1-2,4-5,14,16H,3,6-12H2. The summed E-state index contributed by atoms with van der Waals surface area (Å²) in [5.41, 5.74) is 2.82. The van der Waals surface area contributed by atoms with E-state index in [2.05, 4.69) is 34.5 Å². The van der Waals surface area contributed by atoms with Gasteiger partial charge in [-0.25, -0.2) is 8.42 Å². The Morgan fingerprint density at radius 2 is 2.15 bits per heavy atom. The third-order valence-corrected chi connectivity index (χ3v) is 6.02. The van der Waals surface area contributed by atoms with Gasteiger partial charge in [-0.15, -0.1) is 0 Å². The fraction of sp³-hybridized carbons (Fsp3) is 0.600. The van der Waals surface area contributed by atoms with Crippen molar-refractivity contribution < 1.29 is 8.42 Å². The van der Waals surface area contributed by atoms with Gasteiger partial charge >= 0.3 is 0 Å². The highest BCUT2D eigenvalue weighted by molar-refractivity contribution is 7.91.